The predicted molar refractivity (Wildman–Crippen MR) is 75.2 cm³/mol. The van der Waals surface area contributed by atoms with Crippen LogP contribution in [0.15, 0.2) is 0 Å². The Bertz CT molecular complexity index is 503. The van der Waals surface area contributed by atoms with Crippen molar-refractivity contribution in [2.24, 2.45) is 5.92 Å². The van der Waals surface area contributed by atoms with Crippen molar-refractivity contribution in [3.8, 4) is 0 Å². The number of ether oxygens (including phenoxy) is 2. The fourth-order valence-corrected chi connectivity index (χ4v) is 4.44. The van der Waals surface area contributed by atoms with Gasteiger partial charge in [0.25, 0.3) is 0 Å². The molecule has 120 valence electrons. The van der Waals surface area contributed by atoms with Gasteiger partial charge in [0.1, 0.15) is 0 Å². The molecular weight excluding hydrogens is 296 g/mol. The van der Waals surface area contributed by atoms with Gasteiger partial charge in [0.15, 0.2) is 0 Å². The third kappa shape index (κ3) is 2.94. The van der Waals surface area contributed by atoms with Gasteiger partial charge < -0.3 is 14.4 Å². The summed E-state index contributed by atoms with van der Waals surface area (Å²) in [5, 5.41) is 0. The summed E-state index contributed by atoms with van der Waals surface area (Å²) in [4.78, 5) is 14.4. The molecule has 1 amide bonds. The molecule has 3 aliphatic heterocycles. The van der Waals surface area contributed by atoms with E-state index in [-0.39, 0.29) is 29.8 Å². The van der Waals surface area contributed by atoms with Gasteiger partial charge in [-0.3, -0.25) is 4.79 Å². The molecule has 0 radical (unpaired) electrons. The summed E-state index contributed by atoms with van der Waals surface area (Å²) < 4.78 is 36.6. The number of hydrogen-bond donors (Lipinski definition) is 0. The minimum atomic E-state index is -3.21. The molecule has 0 spiro atoms. The molecule has 0 aromatic heterocycles. The second-order valence-electron chi connectivity index (χ2n) is 5.79. The van der Waals surface area contributed by atoms with Gasteiger partial charge in [-0.2, -0.15) is 4.31 Å². The highest BCUT2D eigenvalue weighted by Gasteiger charge is 2.48. The largest absolute Gasteiger partial charge is 0.378 e. The molecule has 8 heteroatoms. The Morgan fingerprint density at radius 2 is 1.95 bits per heavy atom. The van der Waals surface area contributed by atoms with Crippen LogP contribution in [-0.4, -0.2) is 80.9 Å². The fraction of sp³-hybridized carbons (Fsp3) is 0.923. The van der Waals surface area contributed by atoms with Gasteiger partial charge >= 0.3 is 0 Å². The van der Waals surface area contributed by atoms with E-state index in [4.69, 9.17) is 9.47 Å². The van der Waals surface area contributed by atoms with Gasteiger partial charge in [-0.1, -0.05) is 0 Å². The van der Waals surface area contributed by atoms with E-state index in [1.807, 2.05) is 4.90 Å². The summed E-state index contributed by atoms with van der Waals surface area (Å²) in [5.41, 5.74) is 0. The Balaban J connectivity index is 1.69. The monoisotopic (exact) mass is 318 g/mol. The maximum absolute atomic E-state index is 12.6. The topological polar surface area (TPSA) is 76.2 Å². The molecular formula is C13H22N2O5S. The van der Waals surface area contributed by atoms with Crippen LogP contribution in [0.3, 0.4) is 0 Å². The number of fused-ring (bicyclic) bond motifs is 2. The molecule has 0 saturated carbocycles. The van der Waals surface area contributed by atoms with E-state index in [1.54, 1.807) is 6.92 Å². The number of morpholine rings is 2. The number of hydrogen-bond acceptors (Lipinski definition) is 5. The first-order valence-corrected chi connectivity index (χ1v) is 9.12. The maximum Gasteiger partial charge on any atom is 0.228 e. The van der Waals surface area contributed by atoms with Crippen LogP contribution in [0.25, 0.3) is 0 Å². The van der Waals surface area contributed by atoms with Gasteiger partial charge in [0.05, 0.1) is 37.1 Å². The van der Waals surface area contributed by atoms with Crippen LogP contribution in [0.1, 0.15) is 13.3 Å². The Hall–Kier alpha value is -0.700. The number of rotatable bonds is 3. The molecule has 2 bridgehead atoms. The van der Waals surface area contributed by atoms with E-state index in [1.165, 1.54) is 4.31 Å². The van der Waals surface area contributed by atoms with Crippen molar-refractivity contribution in [2.45, 2.75) is 25.6 Å². The van der Waals surface area contributed by atoms with Crippen molar-refractivity contribution in [3.05, 3.63) is 0 Å². The van der Waals surface area contributed by atoms with Crippen LogP contribution < -0.4 is 0 Å². The molecule has 3 atom stereocenters. The first-order valence-electron chi connectivity index (χ1n) is 7.51. The lowest BCUT2D eigenvalue weighted by molar-refractivity contribution is -0.142. The van der Waals surface area contributed by atoms with Gasteiger partial charge in [-0.15, -0.1) is 0 Å². The molecule has 0 aromatic carbocycles. The van der Waals surface area contributed by atoms with E-state index in [0.717, 1.165) is 0 Å². The van der Waals surface area contributed by atoms with E-state index in [9.17, 15) is 13.2 Å². The van der Waals surface area contributed by atoms with Gasteiger partial charge in [-0.05, 0) is 13.3 Å². The van der Waals surface area contributed by atoms with Crippen LogP contribution >= 0.6 is 0 Å². The second-order valence-corrected chi connectivity index (χ2v) is 8.05. The Morgan fingerprint density at radius 1 is 1.24 bits per heavy atom. The first-order chi connectivity index (χ1) is 10.0. The zero-order valence-corrected chi connectivity index (χ0v) is 13.0. The maximum atomic E-state index is 12.6. The molecule has 21 heavy (non-hydrogen) atoms. The highest BCUT2D eigenvalue weighted by atomic mass is 32.2. The first kappa shape index (κ1) is 15.2. The van der Waals surface area contributed by atoms with Crippen molar-refractivity contribution in [2.75, 3.05) is 45.1 Å². The van der Waals surface area contributed by atoms with Crippen LogP contribution in [0.2, 0.25) is 0 Å². The molecule has 3 heterocycles. The zero-order chi connectivity index (χ0) is 15.0. The second kappa shape index (κ2) is 5.83. The summed E-state index contributed by atoms with van der Waals surface area (Å²) in [7, 11) is -3.21. The molecule has 7 nitrogen and oxygen atoms in total. The lowest BCUT2D eigenvalue weighted by atomic mass is 9.98. The minimum Gasteiger partial charge on any atom is -0.378 e. The number of sulfonamides is 1. The molecule has 3 fully saturated rings. The highest BCUT2D eigenvalue weighted by Crippen LogP contribution is 2.34. The predicted octanol–water partition coefficient (Wildman–Crippen LogP) is -0.716. The summed E-state index contributed by atoms with van der Waals surface area (Å²) in [6.07, 6.45) is 0.164. The third-order valence-corrected chi connectivity index (χ3v) is 6.34. The average molecular weight is 318 g/mol. The van der Waals surface area contributed by atoms with E-state index in [0.29, 0.717) is 45.8 Å². The normalized spacial score (nSPS) is 34.1. The van der Waals surface area contributed by atoms with Crippen molar-refractivity contribution in [1.29, 1.82) is 0 Å². The molecule has 0 aliphatic carbocycles. The molecule has 3 rings (SSSR count). The molecule has 0 N–H and O–H groups in total. The summed E-state index contributed by atoms with van der Waals surface area (Å²) in [6.45, 7) is 4.69. The fourth-order valence-electron chi connectivity index (χ4n) is 3.31. The minimum absolute atomic E-state index is 0.0848. The van der Waals surface area contributed by atoms with Crippen LogP contribution in [0.4, 0.5) is 0 Å². The zero-order valence-electron chi connectivity index (χ0n) is 12.2. The standard InChI is InChI=1S/C13H22N2O5S/c1-2-21(17,18)15-8-10-7-11(12(9-15)20-10)13(16)14-3-5-19-6-4-14/h10-12H,2-9H2,1H3/t10-,11+,12-/m1/s1. The number of carbonyl (C=O) groups is 1. The quantitative estimate of drug-likeness (QED) is 0.687. The number of amides is 1. The average Bonchev–Trinajstić information content (AvgIpc) is 2.81. The van der Waals surface area contributed by atoms with Crippen LogP contribution in [-0.2, 0) is 24.3 Å². The van der Waals surface area contributed by atoms with E-state index < -0.39 is 10.0 Å². The van der Waals surface area contributed by atoms with Crippen molar-refractivity contribution in [1.82, 2.24) is 9.21 Å². The third-order valence-electron chi connectivity index (χ3n) is 4.52. The summed E-state index contributed by atoms with van der Waals surface area (Å²) in [6, 6.07) is 0. The van der Waals surface area contributed by atoms with E-state index in [2.05, 4.69) is 0 Å². The molecule has 3 aliphatic rings. The number of carbonyl (C=O) groups excluding carboxylic acids is 1. The van der Waals surface area contributed by atoms with E-state index >= 15 is 0 Å². The Morgan fingerprint density at radius 3 is 2.62 bits per heavy atom. The van der Waals surface area contributed by atoms with Crippen molar-refractivity contribution in [3.63, 3.8) is 0 Å². The van der Waals surface area contributed by atoms with Gasteiger partial charge in [-0.25, -0.2) is 8.42 Å². The Kier molecular flexibility index (Phi) is 4.22. The van der Waals surface area contributed by atoms with Crippen LogP contribution in [0.5, 0.6) is 0 Å². The summed E-state index contributed by atoms with van der Waals surface area (Å²) in [5.74, 6) is -0.0409. The van der Waals surface area contributed by atoms with Crippen LogP contribution in [0, 0.1) is 5.92 Å². The van der Waals surface area contributed by atoms with Gasteiger partial charge in [0.2, 0.25) is 15.9 Å². The highest BCUT2D eigenvalue weighted by molar-refractivity contribution is 7.89. The van der Waals surface area contributed by atoms with Crippen molar-refractivity contribution < 1.29 is 22.7 Å². The smallest absolute Gasteiger partial charge is 0.228 e. The lowest BCUT2D eigenvalue weighted by Crippen LogP contribution is -2.49. The lowest BCUT2D eigenvalue weighted by Gasteiger charge is -2.33. The molecule has 3 saturated heterocycles. The molecule has 0 unspecified atom stereocenters. The molecule has 0 aromatic rings. The van der Waals surface area contributed by atoms with Crippen molar-refractivity contribution >= 4 is 15.9 Å². The number of nitrogens with zero attached hydrogens (tertiary/aromatic N) is 2. The SMILES string of the molecule is CCS(=O)(=O)N1C[C@H]2C[C@H](C(=O)N3CCOCC3)[C@@H](C1)O2. The Labute approximate surface area is 125 Å². The van der Waals surface area contributed by atoms with Gasteiger partial charge in [0, 0.05) is 26.2 Å². The summed E-state index contributed by atoms with van der Waals surface area (Å²) >= 11 is 0.